The number of benzene rings is 1. The van der Waals surface area contributed by atoms with E-state index in [-0.39, 0.29) is 17.4 Å². The quantitative estimate of drug-likeness (QED) is 0.523. The fourth-order valence-corrected chi connectivity index (χ4v) is 7.05. The van der Waals surface area contributed by atoms with Gasteiger partial charge in [-0.05, 0) is 95.1 Å². The van der Waals surface area contributed by atoms with E-state index in [4.69, 9.17) is 0 Å². The lowest BCUT2D eigenvalue weighted by Gasteiger charge is -2.39. The lowest BCUT2D eigenvalue weighted by Crippen LogP contribution is -2.46. The molecule has 3 fully saturated rings. The maximum absolute atomic E-state index is 13.7. The number of rotatable bonds is 8. The van der Waals surface area contributed by atoms with Crippen molar-refractivity contribution < 1.29 is 4.79 Å². The summed E-state index contributed by atoms with van der Waals surface area (Å²) in [7, 11) is 1.84. The summed E-state index contributed by atoms with van der Waals surface area (Å²) in [5, 5.41) is 1.05. The molecule has 1 aromatic carbocycles. The molecule has 1 amide bonds. The second-order valence-electron chi connectivity index (χ2n) is 11.9. The second-order valence-corrected chi connectivity index (χ2v) is 11.9. The first kappa shape index (κ1) is 26.4. The standard InChI is InChI=1S/C31H46N4O2/c1-24(34-16-8-9-17-34)25-14-18-33(19-15-25)20-21-35(31(37)26-10-4-3-5-11-26)23-28-22-27-12-6-7-13-29(27)32(2)30(28)36/h6-7,12-13,22,24-26H,3-5,8-11,14-21,23H2,1-2H3. The number of hydrogen-bond acceptors (Lipinski definition) is 4. The number of piperidine rings is 1. The number of hydrogen-bond donors (Lipinski definition) is 0. The number of pyridine rings is 1. The van der Waals surface area contributed by atoms with Crippen LogP contribution in [-0.4, -0.2) is 70.5 Å². The summed E-state index contributed by atoms with van der Waals surface area (Å²) < 4.78 is 1.74. The van der Waals surface area contributed by atoms with Gasteiger partial charge in [-0.2, -0.15) is 0 Å². The fourth-order valence-electron chi connectivity index (χ4n) is 7.05. The predicted octanol–water partition coefficient (Wildman–Crippen LogP) is 4.64. The lowest BCUT2D eigenvalue weighted by molar-refractivity contribution is -0.137. The highest BCUT2D eigenvalue weighted by atomic mass is 16.2. The SMILES string of the molecule is CC(C1CCN(CCN(Cc2cc3ccccc3n(C)c2=O)C(=O)C2CCCCC2)CC1)N1CCCC1. The molecule has 1 aromatic heterocycles. The summed E-state index contributed by atoms with van der Waals surface area (Å²) in [4.78, 5) is 34.2. The molecular formula is C31H46N4O2. The normalized spacial score (nSPS) is 21.5. The molecule has 2 saturated heterocycles. The molecule has 3 heterocycles. The fraction of sp³-hybridized carbons (Fsp3) is 0.677. The Balaban J connectivity index is 1.25. The van der Waals surface area contributed by atoms with E-state index in [1.165, 1.54) is 45.2 Å². The highest BCUT2D eigenvalue weighted by Crippen LogP contribution is 2.28. The van der Waals surface area contributed by atoms with Crippen molar-refractivity contribution in [1.29, 1.82) is 0 Å². The van der Waals surface area contributed by atoms with Crippen LogP contribution in [0.1, 0.15) is 70.3 Å². The number of fused-ring (bicyclic) bond motifs is 1. The van der Waals surface area contributed by atoms with Gasteiger partial charge in [-0.15, -0.1) is 0 Å². The molecule has 3 aliphatic rings. The van der Waals surface area contributed by atoms with E-state index in [0.717, 1.165) is 67.7 Å². The van der Waals surface area contributed by atoms with Crippen LogP contribution >= 0.6 is 0 Å². The highest BCUT2D eigenvalue weighted by Gasteiger charge is 2.30. The number of aryl methyl sites for hydroxylation is 1. The first-order chi connectivity index (χ1) is 18.0. The Morgan fingerprint density at radius 1 is 0.973 bits per heavy atom. The van der Waals surface area contributed by atoms with Crippen molar-refractivity contribution in [3.05, 3.63) is 46.2 Å². The summed E-state index contributed by atoms with van der Waals surface area (Å²) in [6, 6.07) is 10.7. The minimum atomic E-state index is 0.0110. The van der Waals surface area contributed by atoms with Crippen LogP contribution < -0.4 is 5.56 Å². The molecular weight excluding hydrogens is 460 g/mol. The Bertz CT molecular complexity index is 1110. The third-order valence-electron chi connectivity index (χ3n) is 9.55. The first-order valence-electron chi connectivity index (χ1n) is 14.8. The molecule has 202 valence electrons. The maximum Gasteiger partial charge on any atom is 0.255 e. The van der Waals surface area contributed by atoms with Crippen LogP contribution in [0.25, 0.3) is 10.9 Å². The molecule has 1 atom stereocenters. The topological polar surface area (TPSA) is 48.8 Å². The number of likely N-dealkylation sites (tertiary alicyclic amines) is 2. The highest BCUT2D eigenvalue weighted by molar-refractivity contribution is 5.81. The average Bonchev–Trinajstić information content (AvgIpc) is 3.49. The molecule has 6 nitrogen and oxygen atoms in total. The summed E-state index contributed by atoms with van der Waals surface area (Å²) in [5.74, 6) is 1.16. The Hall–Kier alpha value is -2.18. The summed E-state index contributed by atoms with van der Waals surface area (Å²) >= 11 is 0. The molecule has 1 unspecified atom stereocenters. The first-order valence-corrected chi connectivity index (χ1v) is 14.8. The lowest BCUT2D eigenvalue weighted by atomic mass is 9.88. The number of para-hydroxylation sites is 1. The molecule has 6 heteroatoms. The van der Waals surface area contributed by atoms with Crippen LogP contribution in [0.2, 0.25) is 0 Å². The third-order valence-corrected chi connectivity index (χ3v) is 9.55. The Morgan fingerprint density at radius 3 is 2.41 bits per heavy atom. The smallest absolute Gasteiger partial charge is 0.255 e. The number of nitrogens with zero attached hydrogens (tertiary/aromatic N) is 4. The van der Waals surface area contributed by atoms with Crippen LogP contribution in [-0.2, 0) is 18.4 Å². The van der Waals surface area contributed by atoms with Gasteiger partial charge in [0.15, 0.2) is 0 Å². The van der Waals surface area contributed by atoms with E-state index in [1.54, 1.807) is 4.57 Å². The van der Waals surface area contributed by atoms with Crippen molar-refractivity contribution in [3.63, 3.8) is 0 Å². The largest absolute Gasteiger partial charge is 0.337 e. The van der Waals surface area contributed by atoms with Crippen LogP contribution in [0.15, 0.2) is 35.1 Å². The van der Waals surface area contributed by atoms with Gasteiger partial charge in [0, 0.05) is 37.7 Å². The maximum atomic E-state index is 13.7. The van der Waals surface area contributed by atoms with Crippen molar-refractivity contribution in [2.75, 3.05) is 39.3 Å². The molecule has 2 aliphatic heterocycles. The van der Waals surface area contributed by atoms with E-state index >= 15 is 0 Å². The van der Waals surface area contributed by atoms with E-state index in [0.29, 0.717) is 19.1 Å². The van der Waals surface area contributed by atoms with Crippen molar-refractivity contribution >= 4 is 16.8 Å². The van der Waals surface area contributed by atoms with Crippen LogP contribution in [0.3, 0.4) is 0 Å². The van der Waals surface area contributed by atoms with Gasteiger partial charge in [0.1, 0.15) is 0 Å². The summed E-state index contributed by atoms with van der Waals surface area (Å²) in [5.41, 5.74) is 1.67. The number of carbonyl (C=O) groups excluding carboxylic acids is 1. The van der Waals surface area contributed by atoms with Gasteiger partial charge in [-0.3, -0.25) is 9.59 Å². The summed E-state index contributed by atoms with van der Waals surface area (Å²) in [6.45, 7) is 9.23. The Morgan fingerprint density at radius 2 is 1.68 bits per heavy atom. The number of carbonyl (C=O) groups is 1. The van der Waals surface area contributed by atoms with Gasteiger partial charge in [0.2, 0.25) is 5.91 Å². The summed E-state index contributed by atoms with van der Waals surface area (Å²) in [6.07, 6.45) is 10.7. The van der Waals surface area contributed by atoms with Crippen molar-refractivity contribution in [2.45, 2.75) is 77.3 Å². The molecule has 37 heavy (non-hydrogen) atoms. The van der Waals surface area contributed by atoms with Gasteiger partial charge in [-0.25, -0.2) is 0 Å². The zero-order chi connectivity index (χ0) is 25.8. The molecule has 0 spiro atoms. The molecule has 1 aliphatic carbocycles. The minimum absolute atomic E-state index is 0.0110. The molecule has 0 N–H and O–H groups in total. The number of amides is 1. The molecule has 2 aromatic rings. The van der Waals surface area contributed by atoms with Crippen molar-refractivity contribution in [3.8, 4) is 0 Å². The predicted molar refractivity (Wildman–Crippen MR) is 151 cm³/mol. The molecule has 0 bridgehead atoms. The van der Waals surface area contributed by atoms with Crippen LogP contribution in [0.4, 0.5) is 0 Å². The molecule has 0 radical (unpaired) electrons. The van der Waals surface area contributed by atoms with E-state index in [2.05, 4.69) is 22.8 Å². The molecule has 1 saturated carbocycles. The van der Waals surface area contributed by atoms with Crippen LogP contribution in [0.5, 0.6) is 0 Å². The van der Waals surface area contributed by atoms with Gasteiger partial charge >= 0.3 is 0 Å². The number of aromatic nitrogens is 1. The van der Waals surface area contributed by atoms with Crippen LogP contribution in [0, 0.1) is 11.8 Å². The zero-order valence-electron chi connectivity index (χ0n) is 23.0. The molecule has 5 rings (SSSR count). The minimum Gasteiger partial charge on any atom is -0.337 e. The van der Waals surface area contributed by atoms with E-state index < -0.39 is 0 Å². The monoisotopic (exact) mass is 506 g/mol. The van der Waals surface area contributed by atoms with Crippen molar-refractivity contribution in [1.82, 2.24) is 19.3 Å². The zero-order valence-corrected chi connectivity index (χ0v) is 23.0. The average molecular weight is 507 g/mol. The van der Waals surface area contributed by atoms with E-state index in [9.17, 15) is 9.59 Å². The Labute approximate surface area is 222 Å². The van der Waals surface area contributed by atoms with Crippen molar-refractivity contribution in [2.24, 2.45) is 18.9 Å². The second kappa shape index (κ2) is 12.1. The van der Waals surface area contributed by atoms with E-state index in [1.807, 2.05) is 36.2 Å². The Kier molecular flexibility index (Phi) is 8.66. The van der Waals surface area contributed by atoms with Gasteiger partial charge in [0.05, 0.1) is 12.1 Å². The van der Waals surface area contributed by atoms with Gasteiger partial charge < -0.3 is 19.3 Å². The third kappa shape index (κ3) is 6.12. The van der Waals surface area contributed by atoms with Gasteiger partial charge in [0.25, 0.3) is 5.56 Å². The van der Waals surface area contributed by atoms with Gasteiger partial charge in [-0.1, -0.05) is 37.5 Å².